The zero-order chi connectivity index (χ0) is 11.6. The molecule has 1 rings (SSSR count). The molecule has 15 heavy (non-hydrogen) atoms. The van der Waals surface area contributed by atoms with Crippen molar-refractivity contribution in [2.75, 3.05) is 0 Å². The van der Waals surface area contributed by atoms with E-state index in [0.717, 1.165) is 0 Å². The van der Waals surface area contributed by atoms with E-state index in [-0.39, 0.29) is 0 Å². The Balaban J connectivity index is 3.27. The van der Waals surface area contributed by atoms with Crippen LogP contribution in [0.15, 0.2) is 6.20 Å². The van der Waals surface area contributed by atoms with Crippen molar-refractivity contribution in [3.05, 3.63) is 27.2 Å². The maximum absolute atomic E-state index is 13.0. The van der Waals surface area contributed by atoms with E-state index in [1.807, 2.05) is 0 Å². The highest BCUT2D eigenvalue weighted by atomic mass is 35.5. The SMILES string of the molecule is O=[N+]([O-])c1c(OC(F)F)ncc(Cl)c1F. The van der Waals surface area contributed by atoms with Crippen LogP contribution in [0.1, 0.15) is 0 Å². The minimum Gasteiger partial charge on any atom is -0.411 e. The van der Waals surface area contributed by atoms with Crippen molar-refractivity contribution in [1.82, 2.24) is 4.98 Å². The molecule has 5 nitrogen and oxygen atoms in total. The monoisotopic (exact) mass is 242 g/mol. The van der Waals surface area contributed by atoms with Crippen molar-refractivity contribution in [3.8, 4) is 5.88 Å². The van der Waals surface area contributed by atoms with Crippen molar-refractivity contribution in [3.63, 3.8) is 0 Å². The van der Waals surface area contributed by atoms with Gasteiger partial charge in [-0.15, -0.1) is 0 Å². The molecule has 1 heterocycles. The predicted molar refractivity (Wildman–Crippen MR) is 42.5 cm³/mol. The van der Waals surface area contributed by atoms with Gasteiger partial charge in [0.25, 0.3) is 0 Å². The third-order valence-electron chi connectivity index (χ3n) is 1.30. The second kappa shape index (κ2) is 4.30. The Morgan fingerprint density at radius 2 is 2.20 bits per heavy atom. The number of rotatable bonds is 3. The molecule has 0 saturated carbocycles. The molecule has 0 atom stereocenters. The van der Waals surface area contributed by atoms with Crippen LogP contribution in [0.3, 0.4) is 0 Å². The Hall–Kier alpha value is -1.57. The van der Waals surface area contributed by atoms with Crippen LogP contribution in [0, 0.1) is 15.9 Å². The fraction of sp³-hybridized carbons (Fsp3) is 0.167. The lowest BCUT2D eigenvalue weighted by Crippen LogP contribution is -2.07. The highest BCUT2D eigenvalue weighted by Gasteiger charge is 2.27. The van der Waals surface area contributed by atoms with E-state index in [1.54, 1.807) is 0 Å². The van der Waals surface area contributed by atoms with Gasteiger partial charge in [-0.05, 0) is 0 Å². The van der Waals surface area contributed by atoms with Gasteiger partial charge in [0.2, 0.25) is 5.82 Å². The average molecular weight is 243 g/mol. The van der Waals surface area contributed by atoms with Crippen LogP contribution in [0.5, 0.6) is 5.88 Å². The van der Waals surface area contributed by atoms with E-state index >= 15 is 0 Å². The molecule has 9 heteroatoms. The van der Waals surface area contributed by atoms with Gasteiger partial charge in [0.15, 0.2) is 0 Å². The number of halogens is 4. The van der Waals surface area contributed by atoms with Gasteiger partial charge in [-0.1, -0.05) is 11.6 Å². The lowest BCUT2D eigenvalue weighted by atomic mass is 10.4. The maximum atomic E-state index is 13.0. The van der Waals surface area contributed by atoms with Gasteiger partial charge in [0.1, 0.15) is 5.02 Å². The molecule has 0 spiro atoms. The summed E-state index contributed by atoms with van der Waals surface area (Å²) in [4.78, 5) is 12.2. The third kappa shape index (κ3) is 2.46. The molecule has 0 aromatic carbocycles. The summed E-state index contributed by atoms with van der Waals surface area (Å²) in [6.45, 7) is -3.34. The molecule has 0 bridgehead atoms. The molecule has 1 aromatic rings. The Kier molecular flexibility index (Phi) is 3.30. The summed E-state index contributed by atoms with van der Waals surface area (Å²) < 4.78 is 40.2. The van der Waals surface area contributed by atoms with Gasteiger partial charge in [-0.2, -0.15) is 13.2 Å². The first kappa shape index (κ1) is 11.5. The van der Waals surface area contributed by atoms with Crippen LogP contribution in [-0.2, 0) is 0 Å². The number of aromatic nitrogens is 1. The van der Waals surface area contributed by atoms with E-state index in [2.05, 4.69) is 9.72 Å². The number of hydrogen-bond donors (Lipinski definition) is 0. The van der Waals surface area contributed by atoms with Gasteiger partial charge in [-0.3, -0.25) is 10.1 Å². The summed E-state index contributed by atoms with van der Waals surface area (Å²) in [5.74, 6) is -2.58. The lowest BCUT2D eigenvalue weighted by Gasteiger charge is -2.04. The van der Waals surface area contributed by atoms with Gasteiger partial charge in [0.05, 0.1) is 11.1 Å². The molecule has 0 saturated heterocycles. The first-order valence-electron chi connectivity index (χ1n) is 3.36. The fourth-order valence-electron chi connectivity index (χ4n) is 0.769. The molecule has 1 aromatic heterocycles. The van der Waals surface area contributed by atoms with Crippen LogP contribution in [0.2, 0.25) is 5.02 Å². The van der Waals surface area contributed by atoms with Gasteiger partial charge in [-0.25, -0.2) is 4.98 Å². The zero-order valence-corrected chi connectivity index (χ0v) is 7.54. The Morgan fingerprint density at radius 1 is 1.60 bits per heavy atom. The minimum absolute atomic E-state index is 0.640. The number of nitrogens with zero attached hydrogens (tertiary/aromatic N) is 2. The standard InChI is InChI=1S/C6H2ClF3N2O3/c7-2-1-11-5(15-6(9)10)4(3(2)8)12(13)14/h1,6H. The van der Waals surface area contributed by atoms with E-state index in [1.165, 1.54) is 0 Å². The molecule has 0 amide bonds. The number of hydrogen-bond acceptors (Lipinski definition) is 4. The smallest absolute Gasteiger partial charge is 0.388 e. The van der Waals surface area contributed by atoms with Crippen molar-refractivity contribution < 1.29 is 22.8 Å². The van der Waals surface area contributed by atoms with Crippen molar-refractivity contribution in [2.24, 2.45) is 0 Å². The first-order chi connectivity index (χ1) is 6.93. The number of nitro groups is 1. The van der Waals surface area contributed by atoms with E-state index in [4.69, 9.17) is 11.6 Å². The van der Waals surface area contributed by atoms with Gasteiger partial charge in [0, 0.05) is 0 Å². The molecule has 82 valence electrons. The van der Waals surface area contributed by atoms with E-state index < -0.39 is 33.9 Å². The average Bonchev–Trinajstić information content (AvgIpc) is 2.10. The van der Waals surface area contributed by atoms with Crippen LogP contribution < -0.4 is 4.74 Å². The van der Waals surface area contributed by atoms with Crippen LogP contribution in [0.4, 0.5) is 18.9 Å². The minimum atomic E-state index is -3.34. The topological polar surface area (TPSA) is 65.3 Å². The zero-order valence-electron chi connectivity index (χ0n) is 6.79. The summed E-state index contributed by atoms with van der Waals surface area (Å²) in [6, 6.07) is 0. The van der Waals surface area contributed by atoms with Crippen LogP contribution in [-0.4, -0.2) is 16.5 Å². The summed E-state index contributed by atoms with van der Waals surface area (Å²) in [5, 5.41) is 9.67. The van der Waals surface area contributed by atoms with Crippen molar-refractivity contribution >= 4 is 17.3 Å². The second-order valence-electron chi connectivity index (χ2n) is 2.21. The molecule has 0 unspecified atom stereocenters. The summed E-state index contributed by atoms with van der Waals surface area (Å²) >= 11 is 5.18. The largest absolute Gasteiger partial charge is 0.411 e. The highest BCUT2D eigenvalue weighted by Crippen LogP contribution is 2.32. The maximum Gasteiger partial charge on any atom is 0.388 e. The molecule has 0 aliphatic carbocycles. The molecular formula is C6H2ClF3N2O3. The summed E-state index contributed by atoms with van der Waals surface area (Å²) in [5.41, 5.74) is -1.32. The molecule has 0 N–H and O–H groups in total. The Bertz CT molecular complexity index is 401. The highest BCUT2D eigenvalue weighted by molar-refractivity contribution is 6.30. The molecule has 0 aliphatic rings. The quantitative estimate of drug-likeness (QED) is 0.603. The van der Waals surface area contributed by atoms with Gasteiger partial charge < -0.3 is 4.74 Å². The van der Waals surface area contributed by atoms with Crippen LogP contribution >= 0.6 is 11.6 Å². The molecular weight excluding hydrogens is 241 g/mol. The van der Waals surface area contributed by atoms with Crippen LogP contribution in [0.25, 0.3) is 0 Å². The van der Waals surface area contributed by atoms with Crippen molar-refractivity contribution in [1.29, 1.82) is 0 Å². The Morgan fingerprint density at radius 3 is 2.67 bits per heavy atom. The fourth-order valence-corrected chi connectivity index (χ4v) is 0.907. The van der Waals surface area contributed by atoms with Crippen molar-refractivity contribution in [2.45, 2.75) is 6.61 Å². The third-order valence-corrected chi connectivity index (χ3v) is 1.56. The number of ether oxygens (including phenoxy) is 1. The normalized spacial score (nSPS) is 10.5. The number of pyridine rings is 1. The number of alkyl halides is 2. The second-order valence-corrected chi connectivity index (χ2v) is 2.62. The Labute approximate surface area is 85.6 Å². The first-order valence-corrected chi connectivity index (χ1v) is 3.74. The molecule has 0 fully saturated rings. The molecule has 0 aliphatic heterocycles. The van der Waals surface area contributed by atoms with E-state index in [0.29, 0.717) is 6.20 Å². The van der Waals surface area contributed by atoms with Gasteiger partial charge >= 0.3 is 18.2 Å². The molecule has 0 radical (unpaired) electrons. The lowest BCUT2D eigenvalue weighted by molar-refractivity contribution is -0.389. The van der Waals surface area contributed by atoms with E-state index in [9.17, 15) is 23.3 Å². The summed E-state index contributed by atoms with van der Waals surface area (Å²) in [6.07, 6.45) is 0.640. The predicted octanol–water partition coefficient (Wildman–Crippen LogP) is 2.38. The summed E-state index contributed by atoms with van der Waals surface area (Å²) in [7, 11) is 0.